The number of hydrogen-bond donors (Lipinski definition) is 1. The van der Waals surface area contributed by atoms with Crippen molar-refractivity contribution in [2.75, 3.05) is 11.5 Å². The predicted octanol–water partition coefficient (Wildman–Crippen LogP) is 1.73. The summed E-state index contributed by atoms with van der Waals surface area (Å²) >= 11 is 0. The molecule has 1 atom stereocenters. The van der Waals surface area contributed by atoms with Gasteiger partial charge in [-0.05, 0) is 37.5 Å². The molecule has 2 fully saturated rings. The lowest BCUT2D eigenvalue weighted by Gasteiger charge is -2.35. The van der Waals surface area contributed by atoms with Gasteiger partial charge in [0.15, 0.2) is 9.84 Å². The lowest BCUT2D eigenvalue weighted by atomic mass is 9.75. The van der Waals surface area contributed by atoms with Crippen molar-refractivity contribution in [1.82, 2.24) is 5.32 Å². The minimum atomic E-state index is -2.73. The average Bonchev–Trinajstić information content (AvgIpc) is 2.50. The highest BCUT2D eigenvalue weighted by molar-refractivity contribution is 7.91. The fourth-order valence-electron chi connectivity index (χ4n) is 2.83. The molecule has 0 spiro atoms. The smallest absolute Gasteiger partial charge is 0.151 e. The molecule has 0 aromatic heterocycles. The van der Waals surface area contributed by atoms with E-state index in [0.29, 0.717) is 23.0 Å². The zero-order valence-electron chi connectivity index (χ0n) is 10.3. The molecule has 4 heteroatoms. The molecule has 0 radical (unpaired) electrons. The summed E-state index contributed by atoms with van der Waals surface area (Å²) in [5, 5.41) is 3.53. The number of hydrogen-bond acceptors (Lipinski definition) is 3. The molecule has 94 valence electrons. The summed E-state index contributed by atoms with van der Waals surface area (Å²) < 4.78 is 22.7. The van der Waals surface area contributed by atoms with Crippen LogP contribution in [-0.4, -0.2) is 32.0 Å². The van der Waals surface area contributed by atoms with Gasteiger partial charge in [-0.25, -0.2) is 8.42 Å². The summed E-state index contributed by atoms with van der Waals surface area (Å²) in [4.78, 5) is 0. The van der Waals surface area contributed by atoms with Gasteiger partial charge in [-0.2, -0.15) is 0 Å². The molecule has 0 aromatic rings. The first-order valence-electron chi connectivity index (χ1n) is 6.33. The second kappa shape index (κ2) is 4.30. The van der Waals surface area contributed by atoms with Crippen LogP contribution in [0.5, 0.6) is 0 Å². The van der Waals surface area contributed by atoms with E-state index in [1.54, 1.807) is 0 Å². The Bertz CT molecular complexity index is 338. The Morgan fingerprint density at radius 1 is 1.06 bits per heavy atom. The average molecular weight is 245 g/mol. The van der Waals surface area contributed by atoms with E-state index in [0.717, 1.165) is 6.42 Å². The zero-order valence-corrected chi connectivity index (χ0v) is 11.1. The second-order valence-corrected chi connectivity index (χ2v) is 8.43. The van der Waals surface area contributed by atoms with Crippen LogP contribution in [0, 0.1) is 5.41 Å². The van der Waals surface area contributed by atoms with Crippen molar-refractivity contribution in [2.45, 2.75) is 58.0 Å². The van der Waals surface area contributed by atoms with Crippen LogP contribution in [0.2, 0.25) is 0 Å². The fourth-order valence-corrected chi connectivity index (χ4v) is 4.51. The summed E-state index contributed by atoms with van der Waals surface area (Å²) in [6.07, 6.45) is 5.71. The van der Waals surface area contributed by atoms with Gasteiger partial charge in [-0.1, -0.05) is 13.8 Å². The van der Waals surface area contributed by atoms with Gasteiger partial charge in [0.1, 0.15) is 0 Å². The molecular formula is C12H23NO2S. The molecule has 2 rings (SSSR count). The fraction of sp³-hybridized carbons (Fsp3) is 1.00. The van der Waals surface area contributed by atoms with Crippen molar-refractivity contribution in [3.05, 3.63) is 0 Å². The molecule has 1 aliphatic carbocycles. The molecular weight excluding hydrogens is 222 g/mol. The van der Waals surface area contributed by atoms with Crippen molar-refractivity contribution in [2.24, 2.45) is 5.41 Å². The maximum absolute atomic E-state index is 11.3. The summed E-state index contributed by atoms with van der Waals surface area (Å²) in [7, 11) is -2.73. The summed E-state index contributed by atoms with van der Waals surface area (Å²) in [6.45, 7) is 4.65. The molecule has 0 bridgehead atoms. The van der Waals surface area contributed by atoms with Crippen LogP contribution in [0.15, 0.2) is 0 Å². The highest BCUT2D eigenvalue weighted by Gasteiger charge is 2.32. The first-order valence-corrected chi connectivity index (χ1v) is 8.15. The van der Waals surface area contributed by atoms with E-state index in [9.17, 15) is 8.42 Å². The van der Waals surface area contributed by atoms with E-state index in [2.05, 4.69) is 19.2 Å². The van der Waals surface area contributed by atoms with E-state index in [-0.39, 0.29) is 6.04 Å². The number of rotatable bonds is 2. The molecule has 2 aliphatic rings. The maximum atomic E-state index is 11.3. The van der Waals surface area contributed by atoms with Crippen LogP contribution in [0.4, 0.5) is 0 Å². The Kier molecular flexibility index (Phi) is 3.32. The first kappa shape index (κ1) is 12.4. The van der Waals surface area contributed by atoms with Gasteiger partial charge in [0.05, 0.1) is 11.5 Å². The number of sulfone groups is 1. The minimum absolute atomic E-state index is 0.219. The third kappa shape index (κ3) is 3.20. The molecule has 0 amide bonds. The third-order valence-electron chi connectivity index (χ3n) is 4.04. The normalized spacial score (nSPS) is 34.0. The minimum Gasteiger partial charge on any atom is -0.310 e. The highest BCUT2D eigenvalue weighted by Crippen LogP contribution is 2.35. The monoisotopic (exact) mass is 245 g/mol. The van der Waals surface area contributed by atoms with Gasteiger partial charge in [0.25, 0.3) is 0 Å². The molecule has 0 aromatic carbocycles. The predicted molar refractivity (Wildman–Crippen MR) is 66.2 cm³/mol. The van der Waals surface area contributed by atoms with Crippen LogP contribution >= 0.6 is 0 Å². The van der Waals surface area contributed by atoms with Gasteiger partial charge in [-0.15, -0.1) is 0 Å². The van der Waals surface area contributed by atoms with Crippen molar-refractivity contribution >= 4 is 9.84 Å². The van der Waals surface area contributed by atoms with Crippen LogP contribution < -0.4 is 5.32 Å². The van der Waals surface area contributed by atoms with E-state index in [1.165, 1.54) is 25.7 Å². The van der Waals surface area contributed by atoms with Crippen molar-refractivity contribution < 1.29 is 8.42 Å². The Morgan fingerprint density at radius 2 is 1.69 bits per heavy atom. The molecule has 1 N–H and O–H groups in total. The highest BCUT2D eigenvalue weighted by atomic mass is 32.2. The Morgan fingerprint density at radius 3 is 2.19 bits per heavy atom. The van der Waals surface area contributed by atoms with Crippen molar-refractivity contribution in [3.8, 4) is 0 Å². The quantitative estimate of drug-likeness (QED) is 0.806. The first-order chi connectivity index (χ1) is 7.36. The van der Waals surface area contributed by atoms with Crippen LogP contribution in [0.3, 0.4) is 0 Å². The molecule has 1 saturated carbocycles. The molecule has 16 heavy (non-hydrogen) atoms. The molecule has 1 unspecified atom stereocenters. The zero-order chi connectivity index (χ0) is 11.8. The Balaban J connectivity index is 1.80. The van der Waals surface area contributed by atoms with Gasteiger partial charge < -0.3 is 5.32 Å². The van der Waals surface area contributed by atoms with E-state index < -0.39 is 9.84 Å². The van der Waals surface area contributed by atoms with Crippen molar-refractivity contribution in [3.63, 3.8) is 0 Å². The summed E-state index contributed by atoms with van der Waals surface area (Å²) in [6, 6.07) is 0.766. The maximum Gasteiger partial charge on any atom is 0.151 e. The topological polar surface area (TPSA) is 46.2 Å². The van der Waals surface area contributed by atoms with Gasteiger partial charge in [-0.3, -0.25) is 0 Å². The van der Waals surface area contributed by atoms with E-state index in [1.807, 2.05) is 0 Å². The van der Waals surface area contributed by atoms with Crippen LogP contribution in [0.25, 0.3) is 0 Å². The Labute approximate surface area is 98.9 Å². The van der Waals surface area contributed by atoms with Gasteiger partial charge >= 0.3 is 0 Å². The van der Waals surface area contributed by atoms with E-state index >= 15 is 0 Å². The number of nitrogens with one attached hydrogen (secondary N) is 1. The largest absolute Gasteiger partial charge is 0.310 e. The second-order valence-electron chi connectivity index (χ2n) is 6.21. The standard InChI is InChI=1S/C12H23NO2S/c1-12(2)6-3-10(4-7-12)13-11-5-8-16(14,15)9-11/h10-11,13H,3-9H2,1-2H3. The Hall–Kier alpha value is -0.0900. The van der Waals surface area contributed by atoms with Crippen LogP contribution in [0.1, 0.15) is 46.0 Å². The third-order valence-corrected chi connectivity index (χ3v) is 5.81. The SMILES string of the molecule is CC1(C)CCC(NC2CCS(=O)(=O)C2)CC1. The molecule has 3 nitrogen and oxygen atoms in total. The molecule has 1 aliphatic heterocycles. The van der Waals surface area contributed by atoms with Crippen molar-refractivity contribution in [1.29, 1.82) is 0 Å². The molecule has 1 heterocycles. The summed E-state index contributed by atoms with van der Waals surface area (Å²) in [5.74, 6) is 0.732. The lowest BCUT2D eigenvalue weighted by Crippen LogP contribution is -2.42. The van der Waals surface area contributed by atoms with Gasteiger partial charge in [0, 0.05) is 12.1 Å². The van der Waals surface area contributed by atoms with Gasteiger partial charge in [0.2, 0.25) is 0 Å². The molecule has 1 saturated heterocycles. The van der Waals surface area contributed by atoms with E-state index in [4.69, 9.17) is 0 Å². The lowest BCUT2D eigenvalue weighted by molar-refractivity contribution is 0.200. The van der Waals surface area contributed by atoms with Crippen LogP contribution in [-0.2, 0) is 9.84 Å². The summed E-state index contributed by atoms with van der Waals surface area (Å²) in [5.41, 5.74) is 0.486.